The molecule has 170 valence electrons. The number of anilines is 2. The van der Waals surface area contributed by atoms with Gasteiger partial charge in [-0.1, -0.05) is 12.1 Å². The summed E-state index contributed by atoms with van der Waals surface area (Å²) >= 11 is 0. The summed E-state index contributed by atoms with van der Waals surface area (Å²) in [7, 11) is 0. The molecule has 0 radical (unpaired) electrons. The van der Waals surface area contributed by atoms with Gasteiger partial charge in [0.2, 0.25) is 0 Å². The van der Waals surface area contributed by atoms with Gasteiger partial charge in [0.1, 0.15) is 11.7 Å². The minimum absolute atomic E-state index is 0.0477. The zero-order chi connectivity index (χ0) is 23.9. The molecule has 1 aliphatic rings. The summed E-state index contributed by atoms with van der Waals surface area (Å²) in [5.41, 5.74) is 1.15. The summed E-state index contributed by atoms with van der Waals surface area (Å²) < 4.78 is 27.8. The van der Waals surface area contributed by atoms with Gasteiger partial charge in [-0.15, -0.1) is 0 Å². The third-order valence-electron chi connectivity index (χ3n) is 5.67. The van der Waals surface area contributed by atoms with Gasteiger partial charge in [-0.2, -0.15) is 5.26 Å². The highest BCUT2D eigenvalue weighted by molar-refractivity contribution is 5.94. The van der Waals surface area contributed by atoms with Crippen LogP contribution in [0.25, 0.3) is 5.65 Å². The molecule has 0 spiro atoms. The van der Waals surface area contributed by atoms with Gasteiger partial charge >= 0.3 is 5.97 Å². The number of pyridine rings is 1. The van der Waals surface area contributed by atoms with Crippen molar-refractivity contribution in [3.63, 3.8) is 0 Å². The van der Waals surface area contributed by atoms with Crippen molar-refractivity contribution in [2.75, 3.05) is 17.2 Å². The fourth-order valence-electron chi connectivity index (χ4n) is 3.77. The molecule has 0 bridgehead atoms. The second-order valence-electron chi connectivity index (χ2n) is 8.18. The number of para-hydroxylation sites is 1. The number of fused-ring (bicyclic) bond motifs is 1. The number of halogens is 2. The Morgan fingerprint density at radius 3 is 2.76 bits per heavy atom. The van der Waals surface area contributed by atoms with Crippen LogP contribution in [0, 0.1) is 24.2 Å². The quantitative estimate of drug-likeness (QED) is 0.498. The van der Waals surface area contributed by atoms with Crippen LogP contribution in [-0.4, -0.2) is 32.9 Å². The van der Waals surface area contributed by atoms with Gasteiger partial charge in [-0.3, -0.25) is 9.20 Å². The second kappa shape index (κ2) is 8.16. The number of rotatable bonds is 7. The predicted molar refractivity (Wildman–Crippen MR) is 118 cm³/mol. The number of aryl methyl sites for hydroxylation is 1. The number of hydrogen-bond donors (Lipinski definition) is 3. The fourth-order valence-corrected chi connectivity index (χ4v) is 3.77. The number of aromatic carboxylic acids is 1. The Kier molecular flexibility index (Phi) is 5.49. The predicted octanol–water partition coefficient (Wildman–Crippen LogP) is 3.81. The molecule has 4 rings (SSSR count). The lowest BCUT2D eigenvalue weighted by atomic mass is 10.1. The van der Waals surface area contributed by atoms with Gasteiger partial charge < -0.3 is 15.7 Å². The highest BCUT2D eigenvalue weighted by Gasteiger charge is 2.56. The normalized spacial score (nSPS) is 17.2. The fraction of sp³-hybridized carbons (Fsp3) is 0.304. The molecule has 0 aliphatic heterocycles. The summed E-state index contributed by atoms with van der Waals surface area (Å²) in [4.78, 5) is 29.0. The smallest absolute Gasteiger partial charge is 0.337 e. The zero-order valence-electron chi connectivity index (χ0n) is 17.9. The van der Waals surface area contributed by atoms with E-state index < -0.39 is 29.4 Å². The molecule has 1 aromatic carbocycles. The van der Waals surface area contributed by atoms with E-state index in [1.165, 1.54) is 10.5 Å². The molecule has 0 saturated heterocycles. The minimum atomic E-state index is -2.75. The Morgan fingerprint density at radius 1 is 1.42 bits per heavy atom. The number of nitriles is 1. The molecule has 1 fully saturated rings. The minimum Gasteiger partial charge on any atom is -0.478 e. The molecule has 1 saturated carbocycles. The summed E-state index contributed by atoms with van der Waals surface area (Å²) in [6, 6.07) is 9.58. The third-order valence-corrected chi connectivity index (χ3v) is 5.67. The van der Waals surface area contributed by atoms with E-state index in [1.54, 1.807) is 44.3 Å². The van der Waals surface area contributed by atoms with E-state index in [0.717, 1.165) is 5.56 Å². The Bertz CT molecular complexity index is 1360. The van der Waals surface area contributed by atoms with Gasteiger partial charge in [0.25, 0.3) is 11.5 Å². The lowest BCUT2D eigenvalue weighted by Gasteiger charge is -2.20. The van der Waals surface area contributed by atoms with Gasteiger partial charge in [0, 0.05) is 36.3 Å². The van der Waals surface area contributed by atoms with E-state index in [-0.39, 0.29) is 35.6 Å². The number of nitrogens with one attached hydrogen (secondary N) is 2. The van der Waals surface area contributed by atoms with Crippen molar-refractivity contribution in [1.82, 2.24) is 9.38 Å². The number of nitrogens with zero attached hydrogens (tertiary/aromatic N) is 3. The van der Waals surface area contributed by atoms with Crippen LogP contribution in [0.5, 0.6) is 0 Å². The lowest BCUT2D eigenvalue weighted by molar-refractivity contribution is 0.0697. The maximum Gasteiger partial charge on any atom is 0.337 e. The van der Waals surface area contributed by atoms with Crippen LogP contribution in [0.1, 0.15) is 46.4 Å². The van der Waals surface area contributed by atoms with E-state index in [1.807, 2.05) is 6.07 Å². The van der Waals surface area contributed by atoms with E-state index in [4.69, 9.17) is 0 Å². The van der Waals surface area contributed by atoms with Gasteiger partial charge in [0.15, 0.2) is 11.4 Å². The van der Waals surface area contributed by atoms with Crippen LogP contribution < -0.4 is 16.2 Å². The molecule has 2 atom stereocenters. The topological polar surface area (TPSA) is 120 Å². The van der Waals surface area contributed by atoms with Crippen LogP contribution in [0.2, 0.25) is 0 Å². The zero-order valence-corrected chi connectivity index (χ0v) is 17.9. The first-order chi connectivity index (χ1) is 15.6. The van der Waals surface area contributed by atoms with Crippen molar-refractivity contribution in [2.45, 2.75) is 32.2 Å². The van der Waals surface area contributed by atoms with Crippen molar-refractivity contribution in [1.29, 1.82) is 5.26 Å². The first kappa shape index (κ1) is 22.2. The number of carboxylic acids is 1. The van der Waals surface area contributed by atoms with Crippen LogP contribution >= 0.6 is 0 Å². The summed E-state index contributed by atoms with van der Waals surface area (Å²) in [5, 5.41) is 24.8. The molecule has 8 nitrogen and oxygen atoms in total. The van der Waals surface area contributed by atoms with Crippen LogP contribution in [0.4, 0.5) is 20.3 Å². The summed E-state index contributed by atoms with van der Waals surface area (Å²) in [6.45, 7) is 3.46. The third kappa shape index (κ3) is 4.22. The van der Waals surface area contributed by atoms with Gasteiger partial charge in [-0.05, 0) is 37.6 Å². The van der Waals surface area contributed by atoms with E-state index in [2.05, 4.69) is 15.6 Å². The molecule has 0 unspecified atom stereocenters. The monoisotopic (exact) mass is 453 g/mol. The first-order valence-corrected chi connectivity index (χ1v) is 10.3. The average Bonchev–Trinajstić information content (AvgIpc) is 3.38. The first-order valence-electron chi connectivity index (χ1n) is 10.3. The summed E-state index contributed by atoms with van der Waals surface area (Å²) in [5.74, 6) is -4.75. The maximum atomic E-state index is 13.3. The molecular weight excluding hydrogens is 432 g/mol. The molecule has 2 heterocycles. The van der Waals surface area contributed by atoms with Crippen molar-refractivity contribution in [2.24, 2.45) is 5.92 Å². The van der Waals surface area contributed by atoms with E-state index in [0.29, 0.717) is 11.3 Å². The second-order valence-corrected chi connectivity index (χ2v) is 8.18. The van der Waals surface area contributed by atoms with Gasteiger partial charge in [-0.25, -0.2) is 18.6 Å². The van der Waals surface area contributed by atoms with Crippen LogP contribution in [0.3, 0.4) is 0 Å². The number of carboxylic acid groups (broad SMARTS) is 1. The molecule has 33 heavy (non-hydrogen) atoms. The highest BCUT2D eigenvalue weighted by Crippen LogP contribution is 2.48. The SMILES string of the molecule is Cc1cc([C@@H](C)Nc2ccccc2C(=O)O)c2nc(NC[C@@H]3CC3(F)F)c(C#N)c(=O)n2c1. The highest BCUT2D eigenvalue weighted by atomic mass is 19.3. The number of hydrogen-bond acceptors (Lipinski definition) is 6. The number of aromatic nitrogens is 2. The summed E-state index contributed by atoms with van der Waals surface area (Å²) in [6.07, 6.45) is 1.30. The molecule has 3 aromatic rings. The lowest BCUT2D eigenvalue weighted by Crippen LogP contribution is -2.24. The molecule has 10 heteroatoms. The van der Waals surface area contributed by atoms with Crippen LogP contribution in [-0.2, 0) is 0 Å². The average molecular weight is 453 g/mol. The number of carbonyl (C=O) groups is 1. The molecule has 0 amide bonds. The van der Waals surface area contributed by atoms with Gasteiger partial charge in [0.05, 0.1) is 11.6 Å². The maximum absolute atomic E-state index is 13.3. The molecule has 3 N–H and O–H groups in total. The Labute approximate surface area is 187 Å². The number of benzene rings is 1. The standard InChI is InChI=1S/C23H21F2N5O3/c1-12-7-16(13(2)28-18-6-4-3-5-15(18)22(32)33)20-29-19(27-10-14-8-23(14,24)25)17(9-26)21(31)30(20)11-12/h3-7,11,13-14,27-28H,8,10H2,1-2H3,(H,32,33)/t13-,14+/m1/s1. The number of alkyl halides is 2. The molecular formula is C23H21F2N5O3. The van der Waals surface area contributed by atoms with Crippen molar-refractivity contribution in [3.8, 4) is 6.07 Å². The van der Waals surface area contributed by atoms with Crippen molar-refractivity contribution >= 4 is 23.1 Å². The van der Waals surface area contributed by atoms with E-state index >= 15 is 0 Å². The van der Waals surface area contributed by atoms with Crippen molar-refractivity contribution in [3.05, 3.63) is 69.1 Å². The molecule has 2 aromatic heterocycles. The largest absolute Gasteiger partial charge is 0.478 e. The molecule has 1 aliphatic carbocycles. The Hall–Kier alpha value is -4.00. The Balaban J connectivity index is 1.77. The van der Waals surface area contributed by atoms with Crippen LogP contribution in [0.15, 0.2) is 41.3 Å². The Morgan fingerprint density at radius 2 is 2.12 bits per heavy atom. The van der Waals surface area contributed by atoms with E-state index in [9.17, 15) is 28.7 Å². The van der Waals surface area contributed by atoms with Crippen molar-refractivity contribution < 1.29 is 18.7 Å².